The molecule has 0 spiro atoms. The first-order chi connectivity index (χ1) is 8.98. The summed E-state index contributed by atoms with van der Waals surface area (Å²) in [6.07, 6.45) is 3.88. The molecule has 1 aromatic heterocycles. The van der Waals surface area contributed by atoms with E-state index in [1.54, 1.807) is 6.92 Å². The van der Waals surface area contributed by atoms with E-state index in [1.165, 1.54) is 6.92 Å². The van der Waals surface area contributed by atoms with Crippen molar-refractivity contribution in [1.29, 1.82) is 0 Å². The first-order valence-electron chi connectivity index (χ1n) is 6.51. The third-order valence-electron chi connectivity index (χ3n) is 3.73. The van der Waals surface area contributed by atoms with Crippen LogP contribution in [0.2, 0.25) is 0 Å². The minimum Gasteiger partial charge on any atom is -0.480 e. The molecule has 0 aliphatic heterocycles. The summed E-state index contributed by atoms with van der Waals surface area (Å²) in [5.41, 5.74) is -0.222. The molecule has 104 valence electrons. The van der Waals surface area contributed by atoms with Crippen molar-refractivity contribution in [2.24, 2.45) is 0 Å². The maximum atomic E-state index is 12.2. The van der Waals surface area contributed by atoms with Crippen LogP contribution in [0.15, 0.2) is 4.52 Å². The fourth-order valence-electron chi connectivity index (χ4n) is 2.17. The largest absolute Gasteiger partial charge is 0.480 e. The highest BCUT2D eigenvalue weighted by atomic mass is 16.5. The van der Waals surface area contributed by atoms with Gasteiger partial charge in [-0.25, -0.2) is 4.79 Å². The van der Waals surface area contributed by atoms with Gasteiger partial charge in [0.05, 0.1) is 0 Å². The van der Waals surface area contributed by atoms with Crippen molar-refractivity contribution < 1.29 is 19.2 Å². The van der Waals surface area contributed by atoms with Crippen LogP contribution in [0.5, 0.6) is 0 Å². The highest BCUT2D eigenvalue weighted by Crippen LogP contribution is 2.24. The molecule has 6 nitrogen and oxygen atoms in total. The van der Waals surface area contributed by atoms with Crippen molar-refractivity contribution in [2.75, 3.05) is 0 Å². The van der Waals surface area contributed by atoms with Crippen molar-refractivity contribution in [2.45, 2.75) is 51.5 Å². The fraction of sp³-hybridized carbons (Fsp3) is 0.615. The number of amides is 1. The smallest absolute Gasteiger partial charge is 0.329 e. The molecule has 0 bridgehead atoms. The molecule has 0 saturated carbocycles. The van der Waals surface area contributed by atoms with Crippen LogP contribution < -0.4 is 5.32 Å². The summed E-state index contributed by atoms with van der Waals surface area (Å²) in [4.78, 5) is 23.3. The van der Waals surface area contributed by atoms with E-state index in [1.807, 2.05) is 0 Å². The Kier molecular flexibility index (Phi) is 3.59. The van der Waals surface area contributed by atoms with Gasteiger partial charge in [-0.3, -0.25) is 4.79 Å². The number of carbonyl (C=O) groups is 2. The lowest BCUT2D eigenvalue weighted by Crippen LogP contribution is -2.52. The Hall–Kier alpha value is -1.85. The fourth-order valence-corrected chi connectivity index (χ4v) is 2.17. The summed E-state index contributed by atoms with van der Waals surface area (Å²) >= 11 is 0. The first-order valence-corrected chi connectivity index (χ1v) is 6.51. The van der Waals surface area contributed by atoms with Gasteiger partial charge >= 0.3 is 5.97 Å². The first kappa shape index (κ1) is 13.6. The number of carboxylic acid groups (broad SMARTS) is 1. The lowest BCUT2D eigenvalue weighted by Gasteiger charge is -2.24. The second-order valence-electron chi connectivity index (χ2n) is 5.08. The summed E-state index contributed by atoms with van der Waals surface area (Å²) in [6.45, 7) is 3.20. The van der Waals surface area contributed by atoms with Crippen LogP contribution in [0.4, 0.5) is 0 Å². The lowest BCUT2D eigenvalue weighted by molar-refractivity contribution is -0.143. The number of carboxylic acids is 1. The van der Waals surface area contributed by atoms with E-state index in [0.29, 0.717) is 6.42 Å². The number of nitrogens with one attached hydrogen (secondary N) is 1. The van der Waals surface area contributed by atoms with Crippen LogP contribution in [0.25, 0.3) is 0 Å². The maximum absolute atomic E-state index is 12.2. The highest BCUT2D eigenvalue weighted by Gasteiger charge is 2.35. The van der Waals surface area contributed by atoms with Gasteiger partial charge in [0.25, 0.3) is 5.91 Å². The van der Waals surface area contributed by atoms with Crippen LogP contribution in [0.1, 0.15) is 54.9 Å². The summed E-state index contributed by atoms with van der Waals surface area (Å²) in [7, 11) is 0. The van der Waals surface area contributed by atoms with Crippen LogP contribution in [0.3, 0.4) is 0 Å². The van der Waals surface area contributed by atoms with E-state index in [2.05, 4.69) is 10.5 Å². The average molecular weight is 266 g/mol. The molecular formula is C13H18N2O4. The zero-order chi connectivity index (χ0) is 14.0. The summed E-state index contributed by atoms with van der Waals surface area (Å²) in [5, 5.41) is 15.5. The van der Waals surface area contributed by atoms with Crippen molar-refractivity contribution in [1.82, 2.24) is 10.5 Å². The van der Waals surface area contributed by atoms with Gasteiger partial charge in [0.1, 0.15) is 11.3 Å². The molecule has 1 heterocycles. The monoisotopic (exact) mass is 266 g/mol. The predicted octanol–water partition coefficient (Wildman–Crippen LogP) is 1.54. The van der Waals surface area contributed by atoms with Gasteiger partial charge in [-0.2, -0.15) is 0 Å². The van der Waals surface area contributed by atoms with Crippen LogP contribution in [0, 0.1) is 0 Å². The molecule has 0 radical (unpaired) electrons. The van der Waals surface area contributed by atoms with E-state index >= 15 is 0 Å². The van der Waals surface area contributed by atoms with E-state index in [4.69, 9.17) is 9.63 Å². The van der Waals surface area contributed by atoms with Crippen LogP contribution in [-0.4, -0.2) is 27.7 Å². The number of carbonyl (C=O) groups excluding carboxylic acids is 1. The van der Waals surface area contributed by atoms with E-state index < -0.39 is 17.4 Å². The molecule has 19 heavy (non-hydrogen) atoms. The third kappa shape index (κ3) is 2.47. The average Bonchev–Trinajstić information content (AvgIpc) is 2.82. The Morgan fingerprint density at radius 3 is 2.74 bits per heavy atom. The number of rotatable bonds is 4. The predicted molar refractivity (Wildman–Crippen MR) is 66.9 cm³/mol. The Morgan fingerprint density at radius 2 is 2.11 bits per heavy atom. The second kappa shape index (κ2) is 5.03. The molecule has 2 rings (SSSR count). The minimum absolute atomic E-state index is 0.232. The normalized spacial score (nSPS) is 17.4. The number of aromatic nitrogens is 1. The molecule has 1 unspecified atom stereocenters. The molecule has 1 aliphatic rings. The Labute approximate surface area is 111 Å². The van der Waals surface area contributed by atoms with Crippen LogP contribution >= 0.6 is 0 Å². The number of nitrogens with zero attached hydrogens (tertiary/aromatic N) is 1. The van der Waals surface area contributed by atoms with Crippen LogP contribution in [-0.2, 0) is 17.6 Å². The van der Waals surface area contributed by atoms with Crippen molar-refractivity contribution >= 4 is 11.9 Å². The van der Waals surface area contributed by atoms with Crippen molar-refractivity contribution in [3.05, 3.63) is 17.0 Å². The SMILES string of the molecule is CCC(C)(NC(=O)c1noc2c1CCCC2)C(=O)O. The second-order valence-corrected chi connectivity index (χ2v) is 5.08. The van der Waals surface area contributed by atoms with Gasteiger partial charge in [-0.1, -0.05) is 12.1 Å². The molecular weight excluding hydrogens is 248 g/mol. The highest BCUT2D eigenvalue weighted by molar-refractivity contribution is 5.97. The molecule has 0 aromatic carbocycles. The molecule has 6 heteroatoms. The molecule has 1 aliphatic carbocycles. The standard InChI is InChI=1S/C13H18N2O4/c1-3-13(2,12(17)18)14-11(16)10-8-6-4-5-7-9(8)19-15-10/h3-7H2,1-2H3,(H,14,16)(H,17,18). The van der Waals surface area contributed by atoms with E-state index in [9.17, 15) is 9.59 Å². The maximum Gasteiger partial charge on any atom is 0.329 e. The zero-order valence-corrected chi connectivity index (χ0v) is 11.2. The molecule has 2 N–H and O–H groups in total. The number of hydrogen-bond donors (Lipinski definition) is 2. The molecule has 1 aromatic rings. The summed E-state index contributed by atoms with van der Waals surface area (Å²) in [6, 6.07) is 0. The third-order valence-corrected chi connectivity index (χ3v) is 3.73. The minimum atomic E-state index is -1.28. The zero-order valence-electron chi connectivity index (χ0n) is 11.2. The lowest BCUT2D eigenvalue weighted by atomic mass is 9.95. The van der Waals surface area contributed by atoms with Gasteiger partial charge in [0.2, 0.25) is 0 Å². The van der Waals surface area contributed by atoms with Gasteiger partial charge in [0, 0.05) is 12.0 Å². The summed E-state index contributed by atoms with van der Waals surface area (Å²) in [5.74, 6) is -0.774. The number of aryl methyl sites for hydroxylation is 1. The molecule has 0 saturated heterocycles. The number of fused-ring (bicyclic) bond motifs is 1. The van der Waals surface area contributed by atoms with Crippen molar-refractivity contribution in [3.8, 4) is 0 Å². The Morgan fingerprint density at radius 1 is 1.42 bits per heavy atom. The quantitative estimate of drug-likeness (QED) is 0.862. The van der Waals surface area contributed by atoms with Gasteiger partial charge in [-0.05, 0) is 32.6 Å². The molecule has 1 amide bonds. The number of aliphatic carboxylic acids is 1. The number of hydrogen-bond acceptors (Lipinski definition) is 4. The summed E-state index contributed by atoms with van der Waals surface area (Å²) < 4.78 is 5.16. The Balaban J connectivity index is 2.21. The molecule has 0 fully saturated rings. The van der Waals surface area contributed by atoms with E-state index in [0.717, 1.165) is 37.0 Å². The van der Waals surface area contributed by atoms with Crippen molar-refractivity contribution in [3.63, 3.8) is 0 Å². The van der Waals surface area contributed by atoms with Gasteiger partial charge < -0.3 is 14.9 Å². The van der Waals surface area contributed by atoms with Gasteiger partial charge in [-0.15, -0.1) is 0 Å². The topological polar surface area (TPSA) is 92.4 Å². The molecule has 1 atom stereocenters. The van der Waals surface area contributed by atoms with E-state index in [-0.39, 0.29) is 5.69 Å². The Bertz CT molecular complexity index is 509. The van der Waals surface area contributed by atoms with Gasteiger partial charge in [0.15, 0.2) is 5.69 Å².